The molecule has 0 saturated carbocycles. The maximum atomic E-state index is 12.9. The average molecular weight is 476 g/mol. The number of carbonyl (C=O) groups is 5. The van der Waals surface area contributed by atoms with Gasteiger partial charge in [0.1, 0.15) is 18.1 Å². The minimum Gasteiger partial charge on any atom is -0.481 e. The summed E-state index contributed by atoms with van der Waals surface area (Å²) in [7, 11) is 0. The molecule has 0 aliphatic carbocycles. The van der Waals surface area contributed by atoms with E-state index in [1.165, 1.54) is 0 Å². The van der Waals surface area contributed by atoms with Gasteiger partial charge in [0.05, 0.1) is 12.6 Å². The van der Waals surface area contributed by atoms with E-state index in [1.54, 1.807) is 13.8 Å². The van der Waals surface area contributed by atoms with Crippen molar-refractivity contribution >= 4 is 29.7 Å². The van der Waals surface area contributed by atoms with Crippen LogP contribution < -0.4 is 27.4 Å². The Morgan fingerprint density at radius 2 is 1.36 bits per heavy atom. The number of carboxylic acids is 2. The van der Waals surface area contributed by atoms with Crippen molar-refractivity contribution in [1.82, 2.24) is 16.0 Å². The maximum absolute atomic E-state index is 12.9. The van der Waals surface area contributed by atoms with Crippen LogP contribution in [0, 0.1) is 5.92 Å². The lowest BCUT2D eigenvalue weighted by Gasteiger charge is -2.26. The molecule has 190 valence electrons. The first kappa shape index (κ1) is 30.2. The number of rotatable bonds is 17. The van der Waals surface area contributed by atoms with Gasteiger partial charge >= 0.3 is 11.9 Å². The first-order chi connectivity index (χ1) is 15.4. The second kappa shape index (κ2) is 15.9. The number of nitrogens with one attached hydrogen (secondary N) is 3. The minimum atomic E-state index is -1.53. The summed E-state index contributed by atoms with van der Waals surface area (Å²) in [4.78, 5) is 59.6. The number of carboxylic acid groups (broad SMARTS) is 2. The summed E-state index contributed by atoms with van der Waals surface area (Å²) in [5.74, 6) is -4.76. The number of aliphatic carboxylic acids is 2. The van der Waals surface area contributed by atoms with Crippen molar-refractivity contribution in [3.63, 3.8) is 0 Å². The lowest BCUT2D eigenvalue weighted by molar-refractivity contribution is -0.143. The van der Waals surface area contributed by atoms with Crippen molar-refractivity contribution in [2.75, 3.05) is 13.2 Å². The van der Waals surface area contributed by atoms with Crippen LogP contribution in [0.15, 0.2) is 0 Å². The molecule has 0 aromatic carbocycles. The van der Waals surface area contributed by atoms with Crippen molar-refractivity contribution < 1.29 is 39.3 Å². The van der Waals surface area contributed by atoms with E-state index in [4.69, 9.17) is 26.8 Å². The summed E-state index contributed by atoms with van der Waals surface area (Å²) < 4.78 is 0. The van der Waals surface area contributed by atoms with E-state index in [9.17, 15) is 24.0 Å². The Bertz CT molecular complexity index is 673. The molecule has 0 saturated heterocycles. The third-order valence-corrected chi connectivity index (χ3v) is 4.72. The standard InChI is InChI=1S/C20H37N5O8/c1-11(2)9-14(19(31)25-15(10-26)20(32)33)24-18(30)13(5-3-4-8-21)23-17(29)12(22)6-7-16(27)28/h11-15,26H,3-10,21-22H2,1-2H3,(H,23,29)(H,24,30)(H,25,31)(H,27,28)(H,32,33). The number of aliphatic hydroxyl groups is 1. The van der Waals surface area contributed by atoms with Crippen LogP contribution in [0.25, 0.3) is 0 Å². The van der Waals surface area contributed by atoms with E-state index in [2.05, 4.69) is 16.0 Å². The van der Waals surface area contributed by atoms with Gasteiger partial charge in [0, 0.05) is 6.42 Å². The molecule has 33 heavy (non-hydrogen) atoms. The van der Waals surface area contributed by atoms with Crippen LogP contribution in [-0.4, -0.2) is 82.3 Å². The van der Waals surface area contributed by atoms with Crippen LogP contribution >= 0.6 is 0 Å². The van der Waals surface area contributed by atoms with Crippen molar-refractivity contribution in [3.8, 4) is 0 Å². The highest BCUT2D eigenvalue weighted by atomic mass is 16.4. The zero-order chi connectivity index (χ0) is 25.6. The number of aliphatic hydroxyl groups excluding tert-OH is 1. The first-order valence-corrected chi connectivity index (χ1v) is 10.8. The largest absolute Gasteiger partial charge is 0.481 e. The van der Waals surface area contributed by atoms with E-state index in [1.807, 2.05) is 0 Å². The first-order valence-electron chi connectivity index (χ1n) is 10.8. The molecule has 0 aromatic heterocycles. The predicted octanol–water partition coefficient (Wildman–Crippen LogP) is -2.12. The van der Waals surface area contributed by atoms with Crippen LogP contribution in [0.4, 0.5) is 0 Å². The number of hydrogen-bond acceptors (Lipinski definition) is 8. The summed E-state index contributed by atoms with van der Waals surface area (Å²) in [6.07, 6.45) is 1.02. The molecule has 0 aliphatic heterocycles. The summed E-state index contributed by atoms with van der Waals surface area (Å²) >= 11 is 0. The number of amides is 3. The molecular formula is C20H37N5O8. The smallest absolute Gasteiger partial charge is 0.328 e. The highest BCUT2D eigenvalue weighted by Gasteiger charge is 2.30. The predicted molar refractivity (Wildman–Crippen MR) is 118 cm³/mol. The third-order valence-electron chi connectivity index (χ3n) is 4.72. The lowest BCUT2D eigenvalue weighted by atomic mass is 10.0. The molecule has 4 atom stereocenters. The maximum Gasteiger partial charge on any atom is 0.328 e. The van der Waals surface area contributed by atoms with Gasteiger partial charge in [0.2, 0.25) is 17.7 Å². The molecule has 0 spiro atoms. The normalized spacial score (nSPS) is 14.6. The molecule has 0 aromatic rings. The van der Waals surface area contributed by atoms with Crippen molar-refractivity contribution in [2.45, 2.75) is 76.5 Å². The van der Waals surface area contributed by atoms with E-state index in [0.29, 0.717) is 19.4 Å². The Balaban J connectivity index is 5.39. The summed E-state index contributed by atoms with van der Waals surface area (Å²) in [5.41, 5.74) is 11.2. The van der Waals surface area contributed by atoms with Crippen molar-refractivity contribution in [2.24, 2.45) is 17.4 Å². The second-order valence-electron chi connectivity index (χ2n) is 8.16. The second-order valence-corrected chi connectivity index (χ2v) is 8.16. The quantitative estimate of drug-likeness (QED) is 0.106. The fourth-order valence-electron chi connectivity index (χ4n) is 2.88. The Morgan fingerprint density at radius 1 is 0.818 bits per heavy atom. The number of unbranched alkanes of at least 4 members (excludes halogenated alkanes) is 1. The highest BCUT2D eigenvalue weighted by Crippen LogP contribution is 2.08. The minimum absolute atomic E-state index is 0.0480. The van der Waals surface area contributed by atoms with E-state index in [-0.39, 0.29) is 31.6 Å². The van der Waals surface area contributed by atoms with Gasteiger partial charge in [-0.05, 0) is 44.6 Å². The van der Waals surface area contributed by atoms with Crippen molar-refractivity contribution in [1.29, 1.82) is 0 Å². The topological polar surface area (TPSA) is 234 Å². The molecule has 0 rings (SSSR count). The molecule has 0 heterocycles. The number of nitrogens with two attached hydrogens (primary N) is 2. The molecule has 0 bridgehead atoms. The van der Waals surface area contributed by atoms with Gasteiger partial charge in [-0.25, -0.2) is 4.79 Å². The van der Waals surface area contributed by atoms with Crippen molar-refractivity contribution in [3.05, 3.63) is 0 Å². The van der Waals surface area contributed by atoms with E-state index in [0.717, 1.165) is 0 Å². The fraction of sp³-hybridized carbons (Fsp3) is 0.750. The number of hydrogen-bond donors (Lipinski definition) is 8. The van der Waals surface area contributed by atoms with E-state index < -0.39 is 60.4 Å². The highest BCUT2D eigenvalue weighted by molar-refractivity contribution is 5.94. The Morgan fingerprint density at radius 3 is 1.85 bits per heavy atom. The number of carbonyl (C=O) groups excluding carboxylic acids is 3. The molecule has 0 fully saturated rings. The van der Waals surface area contributed by atoms with Gasteiger partial charge in [-0.15, -0.1) is 0 Å². The molecule has 4 unspecified atom stereocenters. The van der Waals surface area contributed by atoms with Crippen LogP contribution in [-0.2, 0) is 24.0 Å². The summed E-state index contributed by atoms with van der Waals surface area (Å²) in [6, 6.07) is -4.84. The van der Waals surface area contributed by atoms with Gasteiger partial charge in [0.25, 0.3) is 0 Å². The van der Waals surface area contributed by atoms with Gasteiger partial charge in [-0.3, -0.25) is 19.2 Å². The van der Waals surface area contributed by atoms with Gasteiger partial charge in [-0.2, -0.15) is 0 Å². The zero-order valence-corrected chi connectivity index (χ0v) is 19.1. The van der Waals surface area contributed by atoms with Gasteiger partial charge in [0.15, 0.2) is 0 Å². The molecule has 10 N–H and O–H groups in total. The lowest BCUT2D eigenvalue weighted by Crippen LogP contribution is -2.57. The molecule has 13 heteroatoms. The monoisotopic (exact) mass is 475 g/mol. The SMILES string of the molecule is CC(C)CC(NC(=O)C(CCCCN)NC(=O)C(N)CCC(=O)O)C(=O)NC(CO)C(=O)O. The molecule has 0 aliphatic rings. The van der Waals surface area contributed by atoms with Gasteiger partial charge in [-0.1, -0.05) is 13.8 Å². The molecular weight excluding hydrogens is 438 g/mol. The third kappa shape index (κ3) is 12.7. The average Bonchev–Trinajstić information content (AvgIpc) is 2.73. The van der Waals surface area contributed by atoms with E-state index >= 15 is 0 Å². The Kier molecular flexibility index (Phi) is 14.6. The molecule has 0 radical (unpaired) electrons. The van der Waals surface area contributed by atoms with Crippen LogP contribution in [0.5, 0.6) is 0 Å². The fourth-order valence-corrected chi connectivity index (χ4v) is 2.88. The summed E-state index contributed by atoms with van der Waals surface area (Å²) in [6.45, 7) is 3.15. The summed E-state index contributed by atoms with van der Waals surface area (Å²) in [5, 5.41) is 34.1. The van der Waals surface area contributed by atoms with Gasteiger partial charge < -0.3 is 42.7 Å². The Labute approximate surface area is 192 Å². The van der Waals surface area contributed by atoms with Crippen LogP contribution in [0.2, 0.25) is 0 Å². The van der Waals surface area contributed by atoms with Crippen LogP contribution in [0.1, 0.15) is 52.4 Å². The molecule has 13 nitrogen and oxygen atoms in total. The van der Waals surface area contributed by atoms with Crippen LogP contribution in [0.3, 0.4) is 0 Å². The molecule has 3 amide bonds. The zero-order valence-electron chi connectivity index (χ0n) is 19.1. The Hall–Kier alpha value is -2.77.